The predicted molar refractivity (Wildman–Crippen MR) is 97.4 cm³/mol. The summed E-state index contributed by atoms with van der Waals surface area (Å²) in [5, 5.41) is 4.45. The second kappa shape index (κ2) is 8.47. The van der Waals surface area contributed by atoms with Crippen LogP contribution in [0.25, 0.3) is 0 Å². The van der Waals surface area contributed by atoms with Gasteiger partial charge in [-0.1, -0.05) is 29.3 Å². The summed E-state index contributed by atoms with van der Waals surface area (Å²) in [6.45, 7) is 2.92. The fourth-order valence-corrected chi connectivity index (χ4v) is 3.05. The molecule has 1 aromatic heterocycles. The number of anilines is 1. The third-order valence-corrected chi connectivity index (χ3v) is 4.49. The molecule has 1 aromatic carbocycles. The SMILES string of the molecule is O=C(c1cc(NCCc2ccc(Cl)cc2Cl)ncn1)N1CCOCC1. The minimum Gasteiger partial charge on any atom is -0.378 e. The molecule has 0 bridgehead atoms. The molecule has 25 heavy (non-hydrogen) atoms. The van der Waals surface area contributed by atoms with E-state index in [9.17, 15) is 4.79 Å². The van der Waals surface area contributed by atoms with Crippen LogP contribution in [0, 0.1) is 0 Å². The molecule has 6 nitrogen and oxygen atoms in total. The predicted octanol–water partition coefficient (Wildman–Crippen LogP) is 2.91. The third-order valence-electron chi connectivity index (χ3n) is 3.90. The summed E-state index contributed by atoms with van der Waals surface area (Å²) >= 11 is 12.1. The zero-order valence-corrected chi connectivity index (χ0v) is 15.1. The van der Waals surface area contributed by atoms with Gasteiger partial charge in [-0.25, -0.2) is 9.97 Å². The topological polar surface area (TPSA) is 67.4 Å². The lowest BCUT2D eigenvalue weighted by Crippen LogP contribution is -2.41. The first-order chi connectivity index (χ1) is 12.1. The Bertz CT molecular complexity index is 751. The summed E-state index contributed by atoms with van der Waals surface area (Å²) in [5.41, 5.74) is 1.38. The molecule has 1 aliphatic rings. The number of nitrogens with one attached hydrogen (secondary N) is 1. The molecule has 132 valence electrons. The van der Waals surface area contributed by atoms with E-state index >= 15 is 0 Å². The Morgan fingerprint density at radius 3 is 2.76 bits per heavy atom. The third kappa shape index (κ3) is 4.81. The second-order valence-corrected chi connectivity index (χ2v) is 6.45. The maximum absolute atomic E-state index is 12.4. The minimum absolute atomic E-state index is 0.102. The molecule has 8 heteroatoms. The molecule has 1 saturated heterocycles. The molecule has 0 unspecified atom stereocenters. The number of halogens is 2. The molecule has 0 atom stereocenters. The summed E-state index contributed by atoms with van der Waals surface area (Å²) in [5.74, 6) is 0.506. The van der Waals surface area contributed by atoms with Crippen molar-refractivity contribution in [1.82, 2.24) is 14.9 Å². The van der Waals surface area contributed by atoms with Gasteiger partial charge in [0.2, 0.25) is 0 Å². The Morgan fingerprint density at radius 2 is 2.00 bits per heavy atom. The van der Waals surface area contributed by atoms with Crippen molar-refractivity contribution in [2.75, 3.05) is 38.2 Å². The van der Waals surface area contributed by atoms with Crippen LogP contribution in [-0.4, -0.2) is 53.6 Å². The lowest BCUT2D eigenvalue weighted by molar-refractivity contribution is 0.0299. The number of benzene rings is 1. The number of carbonyl (C=O) groups is 1. The molecule has 1 amide bonds. The van der Waals surface area contributed by atoms with E-state index in [4.69, 9.17) is 27.9 Å². The van der Waals surface area contributed by atoms with E-state index in [1.807, 2.05) is 12.1 Å². The van der Waals surface area contributed by atoms with Crippen LogP contribution in [0.3, 0.4) is 0 Å². The Labute approximate surface area is 156 Å². The van der Waals surface area contributed by atoms with Gasteiger partial charge in [0.25, 0.3) is 5.91 Å². The summed E-state index contributed by atoms with van der Waals surface area (Å²) in [6, 6.07) is 7.11. The van der Waals surface area contributed by atoms with E-state index in [1.54, 1.807) is 17.0 Å². The Morgan fingerprint density at radius 1 is 1.20 bits per heavy atom. The van der Waals surface area contributed by atoms with Crippen molar-refractivity contribution < 1.29 is 9.53 Å². The molecule has 0 radical (unpaired) electrons. The first-order valence-electron chi connectivity index (χ1n) is 8.00. The summed E-state index contributed by atoms with van der Waals surface area (Å²) in [7, 11) is 0. The first-order valence-corrected chi connectivity index (χ1v) is 8.76. The van der Waals surface area contributed by atoms with Gasteiger partial charge in [-0.3, -0.25) is 4.79 Å². The molecule has 0 aliphatic carbocycles. The number of hydrogen-bond acceptors (Lipinski definition) is 5. The van der Waals surface area contributed by atoms with Gasteiger partial charge >= 0.3 is 0 Å². The number of aromatic nitrogens is 2. The molecule has 0 saturated carbocycles. The summed E-state index contributed by atoms with van der Waals surface area (Å²) in [6.07, 6.45) is 2.11. The van der Waals surface area contributed by atoms with Crippen LogP contribution in [0.2, 0.25) is 10.0 Å². The highest BCUT2D eigenvalue weighted by atomic mass is 35.5. The van der Waals surface area contributed by atoms with E-state index in [1.165, 1.54) is 6.33 Å². The van der Waals surface area contributed by atoms with Gasteiger partial charge in [0, 0.05) is 35.7 Å². The highest BCUT2D eigenvalue weighted by molar-refractivity contribution is 6.35. The normalized spacial score (nSPS) is 14.4. The van der Waals surface area contributed by atoms with E-state index in [0.29, 0.717) is 60.8 Å². The van der Waals surface area contributed by atoms with Gasteiger partial charge in [-0.15, -0.1) is 0 Å². The number of rotatable bonds is 5. The lowest BCUT2D eigenvalue weighted by Gasteiger charge is -2.26. The zero-order valence-electron chi connectivity index (χ0n) is 13.5. The van der Waals surface area contributed by atoms with Crippen molar-refractivity contribution >= 4 is 34.9 Å². The molecular weight excluding hydrogens is 363 g/mol. The maximum Gasteiger partial charge on any atom is 0.272 e. The number of hydrogen-bond donors (Lipinski definition) is 1. The quantitative estimate of drug-likeness (QED) is 0.863. The van der Waals surface area contributed by atoms with Crippen LogP contribution >= 0.6 is 23.2 Å². The average Bonchev–Trinajstić information content (AvgIpc) is 2.64. The Hall–Kier alpha value is -1.89. The molecule has 2 aromatic rings. The van der Waals surface area contributed by atoms with Crippen molar-refractivity contribution in [3.8, 4) is 0 Å². The van der Waals surface area contributed by atoms with Crippen LogP contribution in [0.1, 0.15) is 16.1 Å². The molecule has 1 aliphatic heterocycles. The molecule has 0 spiro atoms. The van der Waals surface area contributed by atoms with E-state index < -0.39 is 0 Å². The minimum atomic E-state index is -0.102. The Balaban J connectivity index is 1.58. The smallest absolute Gasteiger partial charge is 0.272 e. The molecule has 1 N–H and O–H groups in total. The van der Waals surface area contributed by atoms with Crippen molar-refractivity contribution in [3.63, 3.8) is 0 Å². The van der Waals surface area contributed by atoms with Gasteiger partial charge in [0.05, 0.1) is 13.2 Å². The van der Waals surface area contributed by atoms with Crippen LogP contribution in [0.5, 0.6) is 0 Å². The van der Waals surface area contributed by atoms with Crippen LogP contribution < -0.4 is 5.32 Å². The molecular formula is C17H18Cl2N4O2. The van der Waals surface area contributed by atoms with E-state index in [2.05, 4.69) is 15.3 Å². The molecule has 3 rings (SSSR count). The Kier molecular flexibility index (Phi) is 6.07. The molecule has 1 fully saturated rings. The van der Waals surface area contributed by atoms with E-state index in [-0.39, 0.29) is 5.91 Å². The fraction of sp³-hybridized carbons (Fsp3) is 0.353. The van der Waals surface area contributed by atoms with Crippen LogP contribution in [0.15, 0.2) is 30.6 Å². The monoisotopic (exact) mass is 380 g/mol. The maximum atomic E-state index is 12.4. The molecule has 2 heterocycles. The van der Waals surface area contributed by atoms with Gasteiger partial charge in [-0.05, 0) is 24.1 Å². The van der Waals surface area contributed by atoms with Crippen molar-refractivity contribution in [1.29, 1.82) is 0 Å². The second-order valence-electron chi connectivity index (χ2n) is 5.61. The number of nitrogens with zero attached hydrogens (tertiary/aromatic N) is 3. The van der Waals surface area contributed by atoms with Gasteiger partial charge in [0.1, 0.15) is 17.8 Å². The summed E-state index contributed by atoms with van der Waals surface area (Å²) < 4.78 is 5.26. The van der Waals surface area contributed by atoms with Crippen molar-refractivity contribution in [2.24, 2.45) is 0 Å². The zero-order chi connectivity index (χ0) is 17.6. The van der Waals surface area contributed by atoms with Gasteiger partial charge in [-0.2, -0.15) is 0 Å². The highest BCUT2D eigenvalue weighted by Gasteiger charge is 2.20. The highest BCUT2D eigenvalue weighted by Crippen LogP contribution is 2.21. The number of amides is 1. The van der Waals surface area contributed by atoms with Crippen LogP contribution in [0.4, 0.5) is 5.82 Å². The van der Waals surface area contributed by atoms with Crippen LogP contribution in [-0.2, 0) is 11.2 Å². The fourth-order valence-electron chi connectivity index (χ4n) is 2.55. The summed E-state index contributed by atoms with van der Waals surface area (Å²) in [4.78, 5) is 22.4. The lowest BCUT2D eigenvalue weighted by atomic mass is 10.1. The standard InChI is InChI=1S/C17H18Cl2N4O2/c18-13-2-1-12(14(19)9-13)3-4-20-16-10-15(21-11-22-16)17(24)23-5-7-25-8-6-23/h1-2,9-11H,3-8H2,(H,20,21,22). The number of morpholine rings is 1. The largest absolute Gasteiger partial charge is 0.378 e. The van der Waals surface area contributed by atoms with E-state index in [0.717, 1.165) is 5.56 Å². The van der Waals surface area contributed by atoms with Crippen molar-refractivity contribution in [2.45, 2.75) is 6.42 Å². The average molecular weight is 381 g/mol. The van der Waals surface area contributed by atoms with Gasteiger partial charge in [0.15, 0.2) is 0 Å². The number of ether oxygens (including phenoxy) is 1. The number of carbonyl (C=O) groups excluding carboxylic acids is 1. The van der Waals surface area contributed by atoms with Crippen molar-refractivity contribution in [3.05, 3.63) is 51.9 Å². The first kappa shape index (κ1) is 17.9. The van der Waals surface area contributed by atoms with Gasteiger partial charge < -0.3 is 15.0 Å².